The highest BCUT2D eigenvalue weighted by Gasteiger charge is 2.30. The van der Waals surface area contributed by atoms with E-state index in [0.29, 0.717) is 6.04 Å². The van der Waals surface area contributed by atoms with Crippen LogP contribution in [0.3, 0.4) is 0 Å². The Morgan fingerprint density at radius 1 is 1.48 bits per heavy atom. The molecule has 1 aliphatic carbocycles. The van der Waals surface area contributed by atoms with Crippen molar-refractivity contribution in [2.45, 2.75) is 31.5 Å². The maximum atomic E-state index is 12.2. The zero-order valence-corrected chi connectivity index (χ0v) is 13.8. The van der Waals surface area contributed by atoms with Gasteiger partial charge < -0.3 is 10.6 Å². The van der Waals surface area contributed by atoms with Gasteiger partial charge in [0.2, 0.25) is 5.91 Å². The number of nitrogens with one attached hydrogen (secondary N) is 2. The van der Waals surface area contributed by atoms with Crippen LogP contribution in [0.1, 0.15) is 18.5 Å². The maximum absolute atomic E-state index is 12.2. The molecular formula is C16H21N5OS. The van der Waals surface area contributed by atoms with E-state index < -0.39 is 0 Å². The van der Waals surface area contributed by atoms with Gasteiger partial charge in [0.1, 0.15) is 0 Å². The molecular weight excluding hydrogens is 310 g/mol. The average molecular weight is 331 g/mol. The minimum Gasteiger partial charge on any atom is -0.352 e. The van der Waals surface area contributed by atoms with Crippen molar-refractivity contribution in [1.29, 1.82) is 0 Å². The summed E-state index contributed by atoms with van der Waals surface area (Å²) in [4.78, 5) is 19.0. The summed E-state index contributed by atoms with van der Waals surface area (Å²) < 4.78 is 2.13. The highest BCUT2D eigenvalue weighted by molar-refractivity contribution is 7.12. The Kier molecular flexibility index (Phi) is 4.15. The van der Waals surface area contributed by atoms with Gasteiger partial charge in [0.05, 0.1) is 6.04 Å². The second-order valence-electron chi connectivity index (χ2n) is 6.21. The number of hydrogen-bond acceptors (Lipinski definition) is 5. The number of thiazole rings is 1. The van der Waals surface area contributed by atoms with Crippen molar-refractivity contribution >= 4 is 17.2 Å². The Balaban J connectivity index is 1.40. The molecule has 0 radical (unpaired) electrons. The molecule has 122 valence electrons. The zero-order chi connectivity index (χ0) is 15.6. The maximum Gasteiger partial charge on any atom is 0.238 e. The molecule has 6 nitrogen and oxygen atoms in total. The molecule has 1 saturated heterocycles. The fraction of sp³-hybridized carbons (Fsp3) is 0.500. The minimum atomic E-state index is -0.104. The van der Waals surface area contributed by atoms with Gasteiger partial charge in [0.25, 0.3) is 0 Å². The lowest BCUT2D eigenvalue weighted by Crippen LogP contribution is -2.57. The standard InChI is InChI=1S/C16H21N5OS/c22-15(19-12-3-4-12)14-11-20(8-5-17-14)10-13-2-1-7-21(13)16-18-6-9-23-16/h1-2,6-7,9,12,14,17H,3-5,8,10-11H2,(H,19,22). The van der Waals surface area contributed by atoms with Crippen molar-refractivity contribution < 1.29 is 4.79 Å². The van der Waals surface area contributed by atoms with Gasteiger partial charge >= 0.3 is 0 Å². The fourth-order valence-electron chi connectivity index (χ4n) is 2.96. The number of nitrogens with zero attached hydrogens (tertiary/aromatic N) is 3. The minimum absolute atomic E-state index is 0.104. The van der Waals surface area contributed by atoms with Gasteiger partial charge in [-0.3, -0.25) is 14.3 Å². The van der Waals surface area contributed by atoms with E-state index in [1.807, 2.05) is 17.8 Å². The lowest BCUT2D eigenvalue weighted by Gasteiger charge is -2.33. The van der Waals surface area contributed by atoms with E-state index in [0.717, 1.165) is 44.2 Å². The predicted octanol–water partition coefficient (Wildman–Crippen LogP) is 0.986. The summed E-state index contributed by atoms with van der Waals surface area (Å²) >= 11 is 1.63. The Morgan fingerprint density at radius 3 is 3.17 bits per heavy atom. The van der Waals surface area contributed by atoms with E-state index in [1.54, 1.807) is 11.3 Å². The molecule has 2 fully saturated rings. The van der Waals surface area contributed by atoms with Gasteiger partial charge in [-0.1, -0.05) is 0 Å². The van der Waals surface area contributed by atoms with Crippen LogP contribution in [0.4, 0.5) is 0 Å². The second kappa shape index (κ2) is 6.43. The molecule has 1 atom stereocenters. The third-order valence-electron chi connectivity index (χ3n) is 4.34. The topological polar surface area (TPSA) is 62.2 Å². The molecule has 1 amide bonds. The van der Waals surface area contributed by atoms with Crippen LogP contribution in [0.15, 0.2) is 29.9 Å². The van der Waals surface area contributed by atoms with Crippen LogP contribution in [0.2, 0.25) is 0 Å². The fourth-order valence-corrected chi connectivity index (χ4v) is 3.61. The molecule has 2 aromatic rings. The van der Waals surface area contributed by atoms with Crippen molar-refractivity contribution in [1.82, 2.24) is 25.1 Å². The Hall–Kier alpha value is -1.70. The zero-order valence-electron chi connectivity index (χ0n) is 12.9. The van der Waals surface area contributed by atoms with Crippen molar-refractivity contribution in [3.63, 3.8) is 0 Å². The third kappa shape index (κ3) is 3.46. The van der Waals surface area contributed by atoms with E-state index in [2.05, 4.69) is 37.2 Å². The Labute approximate surface area is 139 Å². The van der Waals surface area contributed by atoms with E-state index in [-0.39, 0.29) is 11.9 Å². The molecule has 2 aromatic heterocycles. The summed E-state index contributed by atoms with van der Waals surface area (Å²) in [7, 11) is 0. The van der Waals surface area contributed by atoms with Gasteiger partial charge in [-0.05, 0) is 25.0 Å². The highest BCUT2D eigenvalue weighted by Crippen LogP contribution is 2.19. The number of piperazine rings is 1. The molecule has 1 unspecified atom stereocenters. The molecule has 1 aliphatic heterocycles. The van der Waals surface area contributed by atoms with Crippen molar-refractivity contribution in [3.8, 4) is 5.13 Å². The quantitative estimate of drug-likeness (QED) is 0.858. The molecule has 0 bridgehead atoms. The molecule has 7 heteroatoms. The first kappa shape index (κ1) is 14.9. The van der Waals surface area contributed by atoms with Crippen LogP contribution in [0.5, 0.6) is 0 Å². The van der Waals surface area contributed by atoms with E-state index in [1.165, 1.54) is 5.69 Å². The van der Waals surface area contributed by atoms with E-state index in [4.69, 9.17) is 0 Å². The average Bonchev–Trinajstić information content (AvgIpc) is 3.03. The van der Waals surface area contributed by atoms with Gasteiger partial charge in [-0.2, -0.15) is 0 Å². The molecule has 1 saturated carbocycles. The third-order valence-corrected chi connectivity index (χ3v) is 5.11. The summed E-state index contributed by atoms with van der Waals surface area (Å²) in [5.41, 5.74) is 1.21. The lowest BCUT2D eigenvalue weighted by molar-refractivity contribution is -0.124. The van der Waals surface area contributed by atoms with Crippen molar-refractivity contribution in [2.75, 3.05) is 19.6 Å². The van der Waals surface area contributed by atoms with Crippen LogP contribution in [-0.4, -0.2) is 52.1 Å². The molecule has 3 heterocycles. The first-order chi connectivity index (χ1) is 11.3. The number of aromatic nitrogens is 2. The Bertz CT molecular complexity index is 664. The molecule has 0 aromatic carbocycles. The lowest BCUT2D eigenvalue weighted by atomic mass is 10.2. The first-order valence-corrected chi connectivity index (χ1v) is 9.00. The van der Waals surface area contributed by atoms with Gasteiger partial charge in [0, 0.05) is 55.7 Å². The smallest absolute Gasteiger partial charge is 0.238 e. The predicted molar refractivity (Wildman–Crippen MR) is 89.7 cm³/mol. The van der Waals surface area contributed by atoms with Gasteiger partial charge in [-0.25, -0.2) is 4.98 Å². The summed E-state index contributed by atoms with van der Waals surface area (Å²) in [6.07, 6.45) is 6.13. The summed E-state index contributed by atoms with van der Waals surface area (Å²) in [5.74, 6) is 0.146. The largest absolute Gasteiger partial charge is 0.352 e. The molecule has 23 heavy (non-hydrogen) atoms. The number of hydrogen-bond donors (Lipinski definition) is 2. The van der Waals surface area contributed by atoms with Gasteiger partial charge in [-0.15, -0.1) is 11.3 Å². The first-order valence-electron chi connectivity index (χ1n) is 8.12. The van der Waals surface area contributed by atoms with Crippen molar-refractivity contribution in [3.05, 3.63) is 35.6 Å². The monoisotopic (exact) mass is 331 g/mol. The van der Waals surface area contributed by atoms with E-state index in [9.17, 15) is 4.79 Å². The second-order valence-corrected chi connectivity index (χ2v) is 7.08. The van der Waals surface area contributed by atoms with Crippen molar-refractivity contribution in [2.24, 2.45) is 0 Å². The number of carbonyl (C=O) groups excluding carboxylic acids is 1. The van der Waals surface area contributed by atoms with Crippen LogP contribution in [-0.2, 0) is 11.3 Å². The number of rotatable bonds is 5. The highest BCUT2D eigenvalue weighted by atomic mass is 32.1. The molecule has 0 spiro atoms. The Morgan fingerprint density at radius 2 is 2.39 bits per heavy atom. The normalized spacial score (nSPS) is 22.2. The van der Waals surface area contributed by atoms with E-state index >= 15 is 0 Å². The summed E-state index contributed by atoms with van der Waals surface area (Å²) in [5, 5.41) is 9.41. The van der Waals surface area contributed by atoms with Crippen LogP contribution in [0, 0.1) is 0 Å². The SMILES string of the molecule is O=C(NC1CC1)C1CN(Cc2cccn2-c2nccs2)CCN1. The van der Waals surface area contributed by atoms with Gasteiger partial charge in [0.15, 0.2) is 5.13 Å². The number of amides is 1. The molecule has 4 rings (SSSR count). The summed E-state index contributed by atoms with van der Waals surface area (Å²) in [6.45, 7) is 3.39. The van der Waals surface area contributed by atoms with Crippen LogP contribution >= 0.6 is 11.3 Å². The number of carbonyl (C=O) groups is 1. The molecule has 2 N–H and O–H groups in total. The molecule has 2 aliphatic rings. The van der Waals surface area contributed by atoms with Crippen LogP contribution in [0.25, 0.3) is 5.13 Å². The van der Waals surface area contributed by atoms with Crippen LogP contribution < -0.4 is 10.6 Å². The summed E-state index contributed by atoms with van der Waals surface area (Å²) in [6, 6.07) is 4.49.